The monoisotopic (exact) mass is 312 g/mol. The molecule has 6 nitrogen and oxygen atoms in total. The van der Waals surface area contributed by atoms with Crippen LogP contribution in [0.15, 0.2) is 29.3 Å². The summed E-state index contributed by atoms with van der Waals surface area (Å²) in [4.78, 5) is 32.0. The van der Waals surface area contributed by atoms with Crippen molar-refractivity contribution in [2.24, 2.45) is 0 Å². The summed E-state index contributed by atoms with van der Waals surface area (Å²) >= 11 is 0. The van der Waals surface area contributed by atoms with E-state index >= 15 is 0 Å². The van der Waals surface area contributed by atoms with Gasteiger partial charge in [0.1, 0.15) is 11.2 Å². The smallest absolute Gasteiger partial charge is 0.270 e. The molecule has 2 saturated heterocycles. The third kappa shape index (κ3) is 2.34. The van der Waals surface area contributed by atoms with Gasteiger partial charge in [-0.25, -0.2) is 4.98 Å². The highest BCUT2D eigenvalue weighted by atomic mass is 16.2. The summed E-state index contributed by atoms with van der Waals surface area (Å²) in [5, 5.41) is 3.37. The Morgan fingerprint density at radius 3 is 2.96 bits per heavy atom. The number of pyridine rings is 1. The van der Waals surface area contributed by atoms with Crippen molar-refractivity contribution in [2.75, 3.05) is 13.1 Å². The predicted octanol–water partition coefficient (Wildman–Crippen LogP) is 0.969. The zero-order valence-corrected chi connectivity index (χ0v) is 13.2. The number of nitrogens with one attached hydrogen (secondary N) is 1. The van der Waals surface area contributed by atoms with E-state index in [-0.39, 0.29) is 29.1 Å². The SMILES string of the molecule is Cc1ccc2ncc(C(=O)N3C4CCNCC3CC4)c(=O)n2c1. The minimum atomic E-state index is -0.277. The van der Waals surface area contributed by atoms with Gasteiger partial charge in [0, 0.05) is 31.0 Å². The maximum atomic E-state index is 13.0. The molecule has 0 radical (unpaired) electrons. The third-order valence-corrected chi connectivity index (χ3v) is 4.97. The van der Waals surface area contributed by atoms with E-state index in [1.165, 1.54) is 10.6 Å². The predicted molar refractivity (Wildman–Crippen MR) is 86.7 cm³/mol. The number of hydrogen-bond acceptors (Lipinski definition) is 4. The van der Waals surface area contributed by atoms with E-state index in [0.29, 0.717) is 5.65 Å². The van der Waals surface area contributed by atoms with Crippen LogP contribution in [0.25, 0.3) is 5.65 Å². The van der Waals surface area contributed by atoms with Gasteiger partial charge < -0.3 is 10.2 Å². The molecule has 120 valence electrons. The van der Waals surface area contributed by atoms with Crippen molar-refractivity contribution in [3.63, 3.8) is 0 Å². The summed E-state index contributed by atoms with van der Waals surface area (Å²) in [5.74, 6) is -0.172. The Hall–Kier alpha value is -2.21. The number of carbonyl (C=O) groups is 1. The zero-order chi connectivity index (χ0) is 16.0. The first-order chi connectivity index (χ1) is 11.1. The minimum Gasteiger partial charge on any atom is -0.331 e. The van der Waals surface area contributed by atoms with E-state index in [2.05, 4.69) is 10.3 Å². The molecule has 0 aliphatic carbocycles. The molecule has 1 N–H and O–H groups in total. The summed E-state index contributed by atoms with van der Waals surface area (Å²) in [7, 11) is 0. The van der Waals surface area contributed by atoms with E-state index in [0.717, 1.165) is 37.9 Å². The molecule has 6 heteroatoms. The molecule has 2 aromatic heterocycles. The number of hydrogen-bond donors (Lipinski definition) is 1. The number of aromatic nitrogens is 2. The Morgan fingerprint density at radius 1 is 1.26 bits per heavy atom. The summed E-state index contributed by atoms with van der Waals surface area (Å²) in [6, 6.07) is 4.13. The lowest BCUT2D eigenvalue weighted by atomic mass is 10.1. The molecule has 2 atom stereocenters. The van der Waals surface area contributed by atoms with Crippen molar-refractivity contribution in [1.82, 2.24) is 19.6 Å². The Kier molecular flexibility index (Phi) is 3.41. The minimum absolute atomic E-state index is 0.172. The van der Waals surface area contributed by atoms with E-state index < -0.39 is 0 Å². The number of nitrogens with zero attached hydrogens (tertiary/aromatic N) is 3. The molecule has 0 spiro atoms. The fourth-order valence-electron chi connectivity index (χ4n) is 3.78. The molecule has 23 heavy (non-hydrogen) atoms. The van der Waals surface area contributed by atoms with Gasteiger partial charge in [-0.15, -0.1) is 0 Å². The largest absolute Gasteiger partial charge is 0.331 e. The van der Waals surface area contributed by atoms with E-state index in [1.807, 2.05) is 17.9 Å². The second-order valence-corrected chi connectivity index (χ2v) is 6.50. The van der Waals surface area contributed by atoms with Gasteiger partial charge in [-0.2, -0.15) is 0 Å². The number of aryl methyl sites for hydroxylation is 1. The van der Waals surface area contributed by atoms with Crippen LogP contribution in [0.4, 0.5) is 0 Å². The molecule has 1 amide bonds. The highest BCUT2D eigenvalue weighted by Gasteiger charge is 2.39. The molecule has 4 rings (SSSR count). The molecule has 2 aromatic rings. The number of rotatable bonds is 1. The van der Waals surface area contributed by atoms with Crippen LogP contribution in [-0.4, -0.2) is 45.4 Å². The van der Waals surface area contributed by atoms with Crippen LogP contribution < -0.4 is 10.9 Å². The molecule has 2 bridgehead atoms. The van der Waals surface area contributed by atoms with Gasteiger partial charge in [0.25, 0.3) is 11.5 Å². The van der Waals surface area contributed by atoms with Gasteiger partial charge in [0.15, 0.2) is 0 Å². The summed E-state index contributed by atoms with van der Waals surface area (Å²) in [6.45, 7) is 3.66. The Morgan fingerprint density at radius 2 is 2.09 bits per heavy atom. The second-order valence-electron chi connectivity index (χ2n) is 6.50. The molecular formula is C17H20N4O2. The van der Waals surface area contributed by atoms with Crippen molar-refractivity contribution >= 4 is 11.6 Å². The lowest BCUT2D eigenvalue weighted by Crippen LogP contribution is -2.44. The normalized spacial score (nSPS) is 24.0. The van der Waals surface area contributed by atoms with Crippen LogP contribution in [0.5, 0.6) is 0 Å². The van der Waals surface area contributed by atoms with Crippen molar-refractivity contribution in [1.29, 1.82) is 0 Å². The van der Waals surface area contributed by atoms with E-state index in [9.17, 15) is 9.59 Å². The van der Waals surface area contributed by atoms with Gasteiger partial charge in [0.2, 0.25) is 0 Å². The first-order valence-electron chi connectivity index (χ1n) is 8.16. The van der Waals surface area contributed by atoms with Gasteiger partial charge in [-0.3, -0.25) is 14.0 Å². The average Bonchev–Trinajstić information content (AvgIpc) is 2.80. The number of amides is 1. The summed E-state index contributed by atoms with van der Waals surface area (Å²) in [6.07, 6.45) is 6.15. The van der Waals surface area contributed by atoms with E-state index in [1.54, 1.807) is 12.3 Å². The average molecular weight is 312 g/mol. The molecule has 0 saturated carbocycles. The quantitative estimate of drug-likeness (QED) is 0.852. The van der Waals surface area contributed by atoms with Crippen molar-refractivity contribution < 1.29 is 4.79 Å². The van der Waals surface area contributed by atoms with Crippen LogP contribution in [0.2, 0.25) is 0 Å². The van der Waals surface area contributed by atoms with E-state index in [4.69, 9.17) is 0 Å². The fourth-order valence-corrected chi connectivity index (χ4v) is 3.78. The Labute approximate surface area is 134 Å². The van der Waals surface area contributed by atoms with Gasteiger partial charge in [-0.1, -0.05) is 6.07 Å². The maximum absolute atomic E-state index is 13.0. The lowest BCUT2D eigenvalue weighted by molar-refractivity contribution is 0.0678. The Balaban J connectivity index is 1.78. The standard InChI is InChI=1S/C17H20N4O2/c1-11-2-5-15-19-9-14(16(22)20(15)10-11)17(23)21-12-3-4-13(21)8-18-7-6-12/h2,5,9-10,12-13,18H,3-4,6-8H2,1H3. The summed E-state index contributed by atoms with van der Waals surface area (Å²) < 4.78 is 1.47. The number of fused-ring (bicyclic) bond motifs is 3. The van der Waals surface area contributed by atoms with Crippen LogP contribution in [0.1, 0.15) is 35.2 Å². The maximum Gasteiger partial charge on any atom is 0.270 e. The fraction of sp³-hybridized carbons (Fsp3) is 0.471. The van der Waals surface area contributed by atoms with Crippen molar-refractivity contribution in [2.45, 2.75) is 38.3 Å². The molecule has 0 aromatic carbocycles. The van der Waals surface area contributed by atoms with Crippen LogP contribution in [-0.2, 0) is 0 Å². The Bertz CT molecular complexity index is 815. The lowest BCUT2D eigenvalue weighted by Gasteiger charge is -2.27. The first kappa shape index (κ1) is 14.4. The molecule has 2 fully saturated rings. The van der Waals surface area contributed by atoms with Gasteiger partial charge in [0.05, 0.1) is 0 Å². The zero-order valence-electron chi connectivity index (χ0n) is 13.2. The second kappa shape index (κ2) is 5.45. The van der Waals surface area contributed by atoms with Crippen molar-refractivity contribution in [3.05, 3.63) is 46.0 Å². The highest BCUT2D eigenvalue weighted by molar-refractivity contribution is 5.94. The third-order valence-electron chi connectivity index (χ3n) is 4.97. The first-order valence-corrected chi connectivity index (χ1v) is 8.16. The molecular weight excluding hydrogens is 292 g/mol. The van der Waals surface area contributed by atoms with Gasteiger partial charge >= 0.3 is 0 Å². The van der Waals surface area contributed by atoms with Crippen LogP contribution in [0.3, 0.4) is 0 Å². The molecule has 2 aliphatic rings. The molecule has 2 aliphatic heterocycles. The van der Waals surface area contributed by atoms with Gasteiger partial charge in [-0.05, 0) is 44.4 Å². The summed E-state index contributed by atoms with van der Waals surface area (Å²) in [5.41, 5.74) is 1.43. The van der Waals surface area contributed by atoms with Crippen LogP contribution >= 0.6 is 0 Å². The topological polar surface area (TPSA) is 66.7 Å². The highest BCUT2D eigenvalue weighted by Crippen LogP contribution is 2.29. The molecule has 2 unspecified atom stereocenters. The van der Waals surface area contributed by atoms with Crippen LogP contribution in [0, 0.1) is 6.92 Å². The number of carbonyl (C=O) groups excluding carboxylic acids is 1. The molecule has 4 heterocycles. The van der Waals surface area contributed by atoms with Crippen molar-refractivity contribution in [3.8, 4) is 0 Å².